The highest BCUT2D eigenvalue weighted by Gasteiger charge is 2.36. The van der Waals surface area contributed by atoms with Crippen molar-refractivity contribution in [1.29, 1.82) is 10.5 Å². The fourth-order valence-corrected chi connectivity index (χ4v) is 3.92. The van der Waals surface area contributed by atoms with Gasteiger partial charge in [0.25, 0.3) is 0 Å². The molecule has 2 aromatic carbocycles. The number of esters is 1. The molecule has 0 saturated carbocycles. The van der Waals surface area contributed by atoms with Crippen molar-refractivity contribution in [2.45, 2.75) is 20.3 Å². The second-order valence-electron chi connectivity index (χ2n) is 7.56. The zero-order chi connectivity index (χ0) is 23.4. The molecule has 5 heteroatoms. The average Bonchev–Trinajstić information content (AvgIpc) is 3.32. The van der Waals surface area contributed by atoms with Crippen LogP contribution < -0.4 is 0 Å². The maximum Gasteiger partial charge on any atom is 0.344 e. The summed E-state index contributed by atoms with van der Waals surface area (Å²) in [4.78, 5) is 13.0. The lowest BCUT2D eigenvalue weighted by Gasteiger charge is -2.13. The van der Waals surface area contributed by atoms with Crippen LogP contribution in [0.3, 0.4) is 0 Å². The first-order valence-corrected chi connectivity index (χ1v) is 10.4. The van der Waals surface area contributed by atoms with Gasteiger partial charge in [-0.2, -0.15) is 10.5 Å². The number of furan rings is 1. The van der Waals surface area contributed by atoms with E-state index < -0.39 is 5.97 Å². The molecule has 2 heterocycles. The zero-order valence-corrected chi connectivity index (χ0v) is 18.3. The summed E-state index contributed by atoms with van der Waals surface area (Å²) in [6.45, 7) is 3.74. The molecule has 0 spiro atoms. The molecule has 1 aromatic heterocycles. The molecule has 160 valence electrons. The number of carbonyl (C=O) groups excluding carboxylic acids is 1. The minimum atomic E-state index is -0.592. The normalized spacial score (nSPS) is 14.1. The number of benzene rings is 2. The Kier molecular flexibility index (Phi) is 6.06. The number of nitrogens with zero attached hydrogens (tertiary/aromatic N) is 2. The number of rotatable bonds is 4. The van der Waals surface area contributed by atoms with Gasteiger partial charge in [-0.15, -0.1) is 0 Å². The van der Waals surface area contributed by atoms with E-state index in [0.717, 1.165) is 28.2 Å². The van der Waals surface area contributed by atoms with Crippen molar-refractivity contribution in [3.8, 4) is 12.1 Å². The van der Waals surface area contributed by atoms with E-state index in [-0.39, 0.29) is 11.3 Å². The Morgan fingerprint density at radius 3 is 2.00 bits per heavy atom. The van der Waals surface area contributed by atoms with Crippen molar-refractivity contribution >= 4 is 11.5 Å². The van der Waals surface area contributed by atoms with E-state index in [4.69, 9.17) is 9.15 Å². The van der Waals surface area contributed by atoms with E-state index in [9.17, 15) is 15.3 Å². The molecule has 1 saturated heterocycles. The second-order valence-corrected chi connectivity index (χ2v) is 7.56. The standard InChI is InChI=1S/C28H20N2O3/c1-18-15-22(19(2)32-18)13-14-24-26(27(33-28(24)31)23(16-29)17-30)25(20-9-5-3-6-10-20)21-11-7-4-8-12-21/h3-12,14-15H,13H2,1-2H3/b24-14+. The summed E-state index contributed by atoms with van der Waals surface area (Å²) < 4.78 is 11.1. The van der Waals surface area contributed by atoms with Gasteiger partial charge in [0, 0.05) is 11.1 Å². The average molecular weight is 432 g/mol. The Labute approximate surface area is 192 Å². The summed E-state index contributed by atoms with van der Waals surface area (Å²) >= 11 is 0. The molecule has 4 rings (SSSR count). The van der Waals surface area contributed by atoms with Gasteiger partial charge in [-0.3, -0.25) is 0 Å². The molecule has 0 aliphatic carbocycles. The summed E-state index contributed by atoms with van der Waals surface area (Å²) in [5.74, 6) is 0.958. The highest BCUT2D eigenvalue weighted by atomic mass is 16.5. The van der Waals surface area contributed by atoms with Crippen LogP contribution in [0.5, 0.6) is 0 Å². The minimum Gasteiger partial charge on any atom is -0.466 e. The van der Waals surface area contributed by atoms with Crippen LogP contribution in [0.2, 0.25) is 0 Å². The van der Waals surface area contributed by atoms with Crippen LogP contribution in [0.15, 0.2) is 99.7 Å². The van der Waals surface area contributed by atoms with Gasteiger partial charge >= 0.3 is 5.97 Å². The third-order valence-electron chi connectivity index (χ3n) is 5.41. The van der Waals surface area contributed by atoms with E-state index in [2.05, 4.69) is 0 Å². The quantitative estimate of drug-likeness (QED) is 0.299. The van der Waals surface area contributed by atoms with E-state index in [1.807, 2.05) is 92.7 Å². The number of ether oxygens (including phenoxy) is 1. The van der Waals surface area contributed by atoms with Gasteiger partial charge < -0.3 is 9.15 Å². The molecule has 3 aromatic rings. The monoisotopic (exact) mass is 432 g/mol. The Hall–Kier alpha value is -4.61. The van der Waals surface area contributed by atoms with Crippen LogP contribution in [0.1, 0.15) is 28.2 Å². The predicted molar refractivity (Wildman–Crippen MR) is 123 cm³/mol. The van der Waals surface area contributed by atoms with E-state index in [1.165, 1.54) is 0 Å². The Morgan fingerprint density at radius 1 is 0.939 bits per heavy atom. The first-order chi connectivity index (χ1) is 16.0. The van der Waals surface area contributed by atoms with Gasteiger partial charge in [0.2, 0.25) is 0 Å². The fourth-order valence-electron chi connectivity index (χ4n) is 3.92. The molecule has 33 heavy (non-hydrogen) atoms. The van der Waals surface area contributed by atoms with Crippen LogP contribution in [0, 0.1) is 36.5 Å². The first kappa shape index (κ1) is 21.6. The van der Waals surface area contributed by atoms with Gasteiger partial charge in [0.15, 0.2) is 11.3 Å². The molecule has 1 aliphatic rings. The zero-order valence-electron chi connectivity index (χ0n) is 18.3. The van der Waals surface area contributed by atoms with E-state index in [1.54, 1.807) is 6.08 Å². The number of allylic oxidation sites excluding steroid dienone is 3. The van der Waals surface area contributed by atoms with Crippen molar-refractivity contribution in [2.24, 2.45) is 0 Å². The Morgan fingerprint density at radius 2 is 1.52 bits per heavy atom. The minimum absolute atomic E-state index is 0.0148. The van der Waals surface area contributed by atoms with Crippen LogP contribution >= 0.6 is 0 Å². The van der Waals surface area contributed by atoms with Crippen molar-refractivity contribution in [2.75, 3.05) is 0 Å². The summed E-state index contributed by atoms with van der Waals surface area (Å²) in [6, 6.07) is 24.8. The lowest BCUT2D eigenvalue weighted by Crippen LogP contribution is -2.00. The van der Waals surface area contributed by atoms with E-state index in [0.29, 0.717) is 23.1 Å². The molecular weight excluding hydrogens is 412 g/mol. The van der Waals surface area contributed by atoms with Crippen molar-refractivity contribution in [3.63, 3.8) is 0 Å². The summed E-state index contributed by atoms with van der Waals surface area (Å²) in [5.41, 5.74) is 3.85. The van der Waals surface area contributed by atoms with Gasteiger partial charge in [-0.05, 0) is 43.0 Å². The lowest BCUT2D eigenvalue weighted by atomic mass is 9.88. The van der Waals surface area contributed by atoms with Crippen LogP contribution in [-0.4, -0.2) is 5.97 Å². The number of carbonyl (C=O) groups is 1. The van der Waals surface area contributed by atoms with Crippen molar-refractivity contribution < 1.29 is 13.9 Å². The third kappa shape index (κ3) is 4.26. The molecule has 0 unspecified atom stereocenters. The number of nitriles is 2. The summed E-state index contributed by atoms with van der Waals surface area (Å²) in [5, 5.41) is 19.1. The number of cyclic esters (lactones) is 1. The van der Waals surface area contributed by atoms with Crippen LogP contribution in [0.4, 0.5) is 0 Å². The fraction of sp³-hybridized carbons (Fsp3) is 0.107. The highest BCUT2D eigenvalue weighted by Crippen LogP contribution is 2.41. The molecule has 0 radical (unpaired) electrons. The molecule has 1 aliphatic heterocycles. The Balaban J connectivity index is 2.03. The topological polar surface area (TPSA) is 87.0 Å². The molecule has 0 atom stereocenters. The SMILES string of the molecule is Cc1cc(C/C=C2/C(=O)OC(=C(C#N)C#N)C2=C(c2ccccc2)c2ccccc2)c(C)o1. The molecule has 0 N–H and O–H groups in total. The predicted octanol–water partition coefficient (Wildman–Crippen LogP) is 5.73. The van der Waals surface area contributed by atoms with Crippen LogP contribution in [0.25, 0.3) is 5.57 Å². The molecule has 0 bridgehead atoms. The first-order valence-electron chi connectivity index (χ1n) is 10.4. The molecule has 0 amide bonds. The second kappa shape index (κ2) is 9.26. The maximum atomic E-state index is 13.0. The van der Waals surface area contributed by atoms with Crippen LogP contribution in [-0.2, 0) is 16.0 Å². The summed E-state index contributed by atoms with van der Waals surface area (Å²) in [6.07, 6.45) is 2.22. The smallest absolute Gasteiger partial charge is 0.344 e. The third-order valence-corrected chi connectivity index (χ3v) is 5.41. The van der Waals surface area contributed by atoms with Gasteiger partial charge in [-0.1, -0.05) is 66.7 Å². The Bertz CT molecular complexity index is 1340. The van der Waals surface area contributed by atoms with Gasteiger partial charge in [0.05, 0.1) is 5.57 Å². The van der Waals surface area contributed by atoms with Crippen molar-refractivity contribution in [1.82, 2.24) is 0 Å². The molecule has 1 fully saturated rings. The number of hydrogen-bond acceptors (Lipinski definition) is 5. The highest BCUT2D eigenvalue weighted by molar-refractivity contribution is 6.06. The number of aryl methyl sites for hydroxylation is 2. The van der Waals surface area contributed by atoms with Crippen molar-refractivity contribution in [3.05, 3.63) is 123 Å². The van der Waals surface area contributed by atoms with E-state index >= 15 is 0 Å². The molecule has 5 nitrogen and oxygen atoms in total. The van der Waals surface area contributed by atoms with Gasteiger partial charge in [-0.25, -0.2) is 4.79 Å². The maximum absolute atomic E-state index is 13.0. The largest absolute Gasteiger partial charge is 0.466 e. The lowest BCUT2D eigenvalue weighted by molar-refractivity contribution is -0.132. The number of hydrogen-bond donors (Lipinski definition) is 0. The summed E-state index contributed by atoms with van der Waals surface area (Å²) in [7, 11) is 0. The molecular formula is C28H20N2O3. The van der Waals surface area contributed by atoms with Gasteiger partial charge in [0.1, 0.15) is 23.7 Å².